The zero-order valence-corrected chi connectivity index (χ0v) is 18.7. The molecule has 0 saturated carbocycles. The molecule has 0 unspecified atom stereocenters. The van der Waals surface area contributed by atoms with Crippen LogP contribution < -0.4 is 5.32 Å². The van der Waals surface area contributed by atoms with Crippen molar-refractivity contribution in [2.45, 2.75) is 40.5 Å². The van der Waals surface area contributed by atoms with Crippen molar-refractivity contribution >= 4 is 23.3 Å². The number of nitrogens with one attached hydrogen (secondary N) is 1. The lowest BCUT2D eigenvalue weighted by atomic mass is 9.90. The number of carbonyl (C=O) groups excluding carboxylic acids is 2. The van der Waals surface area contributed by atoms with Crippen LogP contribution in [0.15, 0.2) is 48.7 Å². The molecule has 2 aromatic heterocycles. The molecular formula is C25H30N4O2. The van der Waals surface area contributed by atoms with Crippen molar-refractivity contribution in [3.05, 3.63) is 54.2 Å². The van der Waals surface area contributed by atoms with Crippen LogP contribution in [-0.2, 0) is 9.59 Å². The Morgan fingerprint density at radius 3 is 2.39 bits per heavy atom. The Morgan fingerprint density at radius 1 is 1.06 bits per heavy atom. The van der Waals surface area contributed by atoms with Gasteiger partial charge in [0.1, 0.15) is 17.2 Å². The van der Waals surface area contributed by atoms with E-state index in [0.717, 1.165) is 22.5 Å². The van der Waals surface area contributed by atoms with Gasteiger partial charge in [-0.05, 0) is 37.5 Å². The minimum atomic E-state index is -0.395. The van der Waals surface area contributed by atoms with Gasteiger partial charge in [-0.25, -0.2) is 4.98 Å². The molecule has 162 valence electrons. The van der Waals surface area contributed by atoms with Gasteiger partial charge in [-0.2, -0.15) is 0 Å². The Bertz CT molecular complexity index is 1100. The standard InChI is InChI=1S/C25H30N4O2/c1-17-10-15-29-20(16-17)26-21(18-8-6-5-7-9-18)22(29)27-23(30)19-11-13-28(14-12-19)24(31)25(2,3)4/h5-10,15-16,19H,11-14H2,1-4H3,(H,27,30). The number of rotatable bonds is 3. The Hall–Kier alpha value is -3.15. The van der Waals surface area contributed by atoms with Crippen molar-refractivity contribution in [3.8, 4) is 11.3 Å². The molecule has 0 spiro atoms. The first-order chi connectivity index (χ1) is 14.7. The van der Waals surface area contributed by atoms with Crippen molar-refractivity contribution in [1.29, 1.82) is 0 Å². The molecule has 0 atom stereocenters. The molecule has 4 rings (SSSR count). The van der Waals surface area contributed by atoms with Crippen molar-refractivity contribution in [2.75, 3.05) is 18.4 Å². The summed E-state index contributed by atoms with van der Waals surface area (Å²) in [6.07, 6.45) is 3.29. The normalized spacial score (nSPS) is 15.3. The van der Waals surface area contributed by atoms with Gasteiger partial charge in [-0.3, -0.25) is 14.0 Å². The monoisotopic (exact) mass is 418 g/mol. The van der Waals surface area contributed by atoms with Crippen molar-refractivity contribution in [2.24, 2.45) is 11.3 Å². The number of imidazole rings is 1. The number of anilines is 1. The van der Waals surface area contributed by atoms with Crippen LogP contribution in [0.25, 0.3) is 16.9 Å². The summed E-state index contributed by atoms with van der Waals surface area (Å²) in [5.41, 5.74) is 3.25. The summed E-state index contributed by atoms with van der Waals surface area (Å²) in [5.74, 6) is 0.709. The number of nitrogens with zero attached hydrogens (tertiary/aromatic N) is 3. The predicted molar refractivity (Wildman–Crippen MR) is 123 cm³/mol. The summed E-state index contributed by atoms with van der Waals surface area (Å²) < 4.78 is 1.94. The molecule has 6 nitrogen and oxygen atoms in total. The van der Waals surface area contributed by atoms with Gasteiger partial charge in [-0.1, -0.05) is 51.1 Å². The fraction of sp³-hybridized carbons (Fsp3) is 0.400. The Kier molecular flexibility index (Phi) is 5.56. The molecule has 1 aliphatic heterocycles. The second kappa shape index (κ2) is 8.17. The molecule has 0 radical (unpaired) electrons. The van der Waals surface area contributed by atoms with Crippen molar-refractivity contribution in [3.63, 3.8) is 0 Å². The highest BCUT2D eigenvalue weighted by Gasteiger charge is 2.33. The topological polar surface area (TPSA) is 66.7 Å². The van der Waals surface area contributed by atoms with Gasteiger partial charge >= 0.3 is 0 Å². The lowest BCUT2D eigenvalue weighted by Gasteiger charge is -2.35. The van der Waals surface area contributed by atoms with Gasteiger partial charge in [0, 0.05) is 36.2 Å². The zero-order chi connectivity index (χ0) is 22.2. The number of aromatic nitrogens is 2. The van der Waals surface area contributed by atoms with E-state index >= 15 is 0 Å². The molecule has 6 heteroatoms. The fourth-order valence-electron chi connectivity index (χ4n) is 4.10. The van der Waals surface area contributed by atoms with E-state index in [9.17, 15) is 9.59 Å². The molecule has 0 aliphatic carbocycles. The van der Waals surface area contributed by atoms with Gasteiger partial charge in [0.15, 0.2) is 0 Å². The fourth-order valence-corrected chi connectivity index (χ4v) is 4.10. The second-order valence-electron chi connectivity index (χ2n) is 9.41. The number of pyridine rings is 1. The third-order valence-corrected chi connectivity index (χ3v) is 5.87. The summed E-state index contributed by atoms with van der Waals surface area (Å²) >= 11 is 0. The van der Waals surface area contributed by atoms with Crippen LogP contribution in [0, 0.1) is 18.3 Å². The summed E-state index contributed by atoms with van der Waals surface area (Å²) in [6.45, 7) is 9.07. The number of amides is 2. The molecule has 1 aliphatic rings. The summed E-state index contributed by atoms with van der Waals surface area (Å²) in [7, 11) is 0. The van der Waals surface area contributed by atoms with E-state index in [4.69, 9.17) is 4.98 Å². The highest BCUT2D eigenvalue weighted by Crippen LogP contribution is 2.31. The van der Waals surface area contributed by atoms with E-state index in [1.54, 1.807) is 0 Å². The van der Waals surface area contributed by atoms with Crippen LogP contribution >= 0.6 is 0 Å². The average Bonchev–Trinajstić information content (AvgIpc) is 3.10. The van der Waals surface area contributed by atoms with Crippen molar-refractivity contribution in [1.82, 2.24) is 14.3 Å². The summed E-state index contributed by atoms with van der Waals surface area (Å²) in [5, 5.41) is 3.15. The van der Waals surface area contributed by atoms with Crippen LogP contribution in [0.2, 0.25) is 0 Å². The van der Waals surface area contributed by atoms with E-state index in [-0.39, 0.29) is 17.7 Å². The number of carbonyl (C=O) groups is 2. The molecule has 0 bridgehead atoms. The summed E-state index contributed by atoms with van der Waals surface area (Å²) in [6, 6.07) is 13.9. The molecule has 3 aromatic rings. The molecular weight excluding hydrogens is 388 g/mol. The van der Waals surface area contributed by atoms with E-state index in [2.05, 4.69) is 5.32 Å². The first-order valence-electron chi connectivity index (χ1n) is 10.9. The lowest BCUT2D eigenvalue weighted by molar-refractivity contribution is -0.142. The largest absolute Gasteiger partial charge is 0.342 e. The van der Waals surface area contributed by atoms with Gasteiger partial charge in [-0.15, -0.1) is 0 Å². The van der Waals surface area contributed by atoms with Gasteiger partial charge < -0.3 is 10.2 Å². The number of hydrogen-bond acceptors (Lipinski definition) is 3. The van der Waals surface area contributed by atoms with Gasteiger partial charge in [0.2, 0.25) is 11.8 Å². The van der Waals surface area contributed by atoms with Crippen LogP contribution in [0.1, 0.15) is 39.2 Å². The quantitative estimate of drug-likeness (QED) is 0.679. The molecule has 2 amide bonds. The third-order valence-electron chi connectivity index (χ3n) is 5.87. The van der Waals surface area contributed by atoms with Crippen LogP contribution in [0.4, 0.5) is 5.82 Å². The predicted octanol–water partition coefficient (Wildman–Crippen LogP) is 4.53. The first-order valence-corrected chi connectivity index (χ1v) is 10.9. The minimum absolute atomic E-state index is 0.0117. The van der Waals surface area contributed by atoms with Crippen molar-refractivity contribution < 1.29 is 9.59 Å². The maximum atomic E-state index is 13.2. The molecule has 1 fully saturated rings. The van der Waals surface area contributed by atoms with E-state index in [1.807, 2.05) is 85.7 Å². The number of aryl methyl sites for hydroxylation is 1. The maximum Gasteiger partial charge on any atom is 0.228 e. The smallest absolute Gasteiger partial charge is 0.228 e. The number of benzene rings is 1. The lowest BCUT2D eigenvalue weighted by Crippen LogP contribution is -2.45. The minimum Gasteiger partial charge on any atom is -0.342 e. The third kappa shape index (κ3) is 4.33. The number of fused-ring (bicyclic) bond motifs is 1. The molecule has 31 heavy (non-hydrogen) atoms. The zero-order valence-electron chi connectivity index (χ0n) is 18.7. The molecule has 3 heterocycles. The van der Waals surface area contributed by atoms with E-state index in [0.29, 0.717) is 31.7 Å². The highest BCUT2D eigenvalue weighted by molar-refractivity contribution is 5.96. The van der Waals surface area contributed by atoms with Crippen LogP contribution in [0.5, 0.6) is 0 Å². The Balaban J connectivity index is 1.56. The second-order valence-corrected chi connectivity index (χ2v) is 9.41. The Labute approximate surface area is 183 Å². The van der Waals surface area contributed by atoms with Crippen LogP contribution in [-0.4, -0.2) is 39.2 Å². The molecule has 1 saturated heterocycles. The highest BCUT2D eigenvalue weighted by atomic mass is 16.2. The van der Waals surface area contributed by atoms with E-state index < -0.39 is 5.41 Å². The molecule has 1 N–H and O–H groups in total. The summed E-state index contributed by atoms with van der Waals surface area (Å²) in [4.78, 5) is 32.4. The van der Waals surface area contributed by atoms with Gasteiger partial charge in [0.05, 0.1) is 0 Å². The van der Waals surface area contributed by atoms with Gasteiger partial charge in [0.25, 0.3) is 0 Å². The maximum absolute atomic E-state index is 13.2. The number of likely N-dealkylation sites (tertiary alicyclic amines) is 1. The van der Waals surface area contributed by atoms with Crippen LogP contribution in [0.3, 0.4) is 0 Å². The SMILES string of the molecule is Cc1ccn2c(NC(=O)C3CCN(C(=O)C(C)(C)C)CC3)c(-c3ccccc3)nc2c1. The van der Waals surface area contributed by atoms with E-state index in [1.165, 1.54) is 0 Å². The Morgan fingerprint density at radius 2 is 1.74 bits per heavy atom. The molecule has 1 aromatic carbocycles. The number of hydrogen-bond donors (Lipinski definition) is 1. The first kappa shape index (κ1) is 21.1. The average molecular weight is 419 g/mol. The number of piperidine rings is 1.